The van der Waals surface area contributed by atoms with Crippen LogP contribution in [-0.2, 0) is 11.8 Å². The van der Waals surface area contributed by atoms with E-state index >= 15 is 0 Å². The van der Waals surface area contributed by atoms with Crippen LogP contribution in [0.5, 0.6) is 0 Å². The molecule has 3 rings (SSSR count). The summed E-state index contributed by atoms with van der Waals surface area (Å²) < 4.78 is 2.48. The van der Waals surface area contributed by atoms with Crippen LogP contribution in [0.2, 0.25) is 5.02 Å². The molecule has 1 N–H and O–H groups in total. The topological polar surface area (TPSA) is 51.1 Å². The second kappa shape index (κ2) is 7.42. The number of nitrogens with zero attached hydrogens (tertiary/aromatic N) is 1. The van der Waals surface area contributed by atoms with Gasteiger partial charge in [0, 0.05) is 34.8 Å². The highest BCUT2D eigenvalue weighted by Gasteiger charge is 2.07. The van der Waals surface area contributed by atoms with E-state index in [-0.39, 0.29) is 10.8 Å². The largest absolute Gasteiger partial charge is 0.326 e. The van der Waals surface area contributed by atoms with E-state index in [1.54, 1.807) is 23.4 Å². The van der Waals surface area contributed by atoms with Crippen LogP contribution in [0.3, 0.4) is 0 Å². The third-order valence-electron chi connectivity index (χ3n) is 3.49. The second-order valence-electron chi connectivity index (χ2n) is 5.21. The van der Waals surface area contributed by atoms with E-state index in [0.717, 1.165) is 15.1 Å². The molecule has 0 saturated heterocycles. The Morgan fingerprint density at radius 1 is 1.25 bits per heavy atom. The molecule has 0 bridgehead atoms. The lowest BCUT2D eigenvalue weighted by molar-refractivity contribution is -0.115. The van der Waals surface area contributed by atoms with E-state index in [4.69, 9.17) is 11.6 Å². The number of carbonyl (C=O) groups excluding carboxylic acids is 1. The third-order valence-corrected chi connectivity index (χ3v) is 5.75. The SMILES string of the molecule is Cn1c(=O)sc2cc(NC(=O)CCSc3ccc(Cl)cc3)ccc21. The zero-order valence-electron chi connectivity index (χ0n) is 12.9. The van der Waals surface area contributed by atoms with Crippen LogP contribution < -0.4 is 10.2 Å². The summed E-state index contributed by atoms with van der Waals surface area (Å²) in [5.74, 6) is 0.646. The summed E-state index contributed by atoms with van der Waals surface area (Å²) in [4.78, 5) is 24.8. The highest BCUT2D eigenvalue weighted by atomic mass is 35.5. The number of benzene rings is 2. The smallest absolute Gasteiger partial charge is 0.307 e. The van der Waals surface area contributed by atoms with Crippen molar-refractivity contribution in [2.45, 2.75) is 11.3 Å². The molecule has 0 aliphatic rings. The predicted octanol–water partition coefficient (Wildman–Crippen LogP) is 4.37. The van der Waals surface area contributed by atoms with Crippen molar-refractivity contribution in [1.29, 1.82) is 0 Å². The summed E-state index contributed by atoms with van der Waals surface area (Å²) in [7, 11) is 1.74. The summed E-state index contributed by atoms with van der Waals surface area (Å²) in [5.41, 5.74) is 1.59. The van der Waals surface area contributed by atoms with E-state index in [9.17, 15) is 9.59 Å². The van der Waals surface area contributed by atoms with Crippen molar-refractivity contribution in [3.8, 4) is 0 Å². The highest BCUT2D eigenvalue weighted by Crippen LogP contribution is 2.23. The molecule has 7 heteroatoms. The minimum Gasteiger partial charge on any atom is -0.326 e. The van der Waals surface area contributed by atoms with Gasteiger partial charge in [-0.3, -0.25) is 9.59 Å². The van der Waals surface area contributed by atoms with Gasteiger partial charge in [0.2, 0.25) is 5.91 Å². The number of aromatic nitrogens is 1. The van der Waals surface area contributed by atoms with Crippen molar-refractivity contribution >= 4 is 56.5 Å². The van der Waals surface area contributed by atoms with Gasteiger partial charge in [-0.1, -0.05) is 22.9 Å². The Balaban J connectivity index is 1.56. The number of amides is 1. The summed E-state index contributed by atoms with van der Waals surface area (Å²) in [5, 5.41) is 3.58. The van der Waals surface area contributed by atoms with Crippen molar-refractivity contribution < 1.29 is 4.79 Å². The first kappa shape index (κ1) is 17.1. The Labute approximate surface area is 152 Å². The number of thiazole rings is 1. The van der Waals surface area contributed by atoms with Crippen molar-refractivity contribution in [2.24, 2.45) is 7.05 Å². The first-order valence-electron chi connectivity index (χ1n) is 7.31. The van der Waals surface area contributed by atoms with Gasteiger partial charge in [0.25, 0.3) is 0 Å². The van der Waals surface area contributed by atoms with Crippen LogP contribution in [0.1, 0.15) is 6.42 Å². The fourth-order valence-electron chi connectivity index (χ4n) is 2.23. The van der Waals surface area contributed by atoms with E-state index in [1.165, 1.54) is 11.3 Å². The number of hydrogen-bond donors (Lipinski definition) is 1. The molecule has 24 heavy (non-hydrogen) atoms. The number of aryl methyl sites for hydroxylation is 1. The van der Waals surface area contributed by atoms with E-state index < -0.39 is 0 Å². The van der Waals surface area contributed by atoms with Crippen LogP contribution in [0.4, 0.5) is 5.69 Å². The first-order chi connectivity index (χ1) is 11.5. The van der Waals surface area contributed by atoms with Gasteiger partial charge in [0.15, 0.2) is 0 Å². The number of hydrogen-bond acceptors (Lipinski definition) is 4. The van der Waals surface area contributed by atoms with Gasteiger partial charge in [0.05, 0.1) is 10.2 Å². The van der Waals surface area contributed by atoms with Gasteiger partial charge in [-0.25, -0.2) is 0 Å². The zero-order chi connectivity index (χ0) is 17.1. The second-order valence-corrected chi connectivity index (χ2v) is 7.81. The van der Waals surface area contributed by atoms with Crippen LogP contribution >= 0.6 is 34.7 Å². The van der Waals surface area contributed by atoms with Gasteiger partial charge in [-0.05, 0) is 42.5 Å². The molecule has 0 spiro atoms. The maximum absolute atomic E-state index is 12.1. The minimum atomic E-state index is -0.0425. The van der Waals surface area contributed by atoms with Crippen molar-refractivity contribution in [2.75, 3.05) is 11.1 Å². The number of thioether (sulfide) groups is 1. The molecule has 3 aromatic rings. The van der Waals surface area contributed by atoms with Gasteiger partial charge in [-0.2, -0.15) is 0 Å². The normalized spacial score (nSPS) is 10.9. The maximum Gasteiger partial charge on any atom is 0.307 e. The molecule has 0 fully saturated rings. The van der Waals surface area contributed by atoms with Crippen LogP contribution in [0.25, 0.3) is 10.2 Å². The quantitative estimate of drug-likeness (QED) is 0.670. The number of nitrogens with one attached hydrogen (secondary N) is 1. The molecule has 2 aromatic carbocycles. The van der Waals surface area contributed by atoms with Crippen LogP contribution in [0.15, 0.2) is 52.2 Å². The lowest BCUT2D eigenvalue weighted by Gasteiger charge is -2.06. The number of fused-ring (bicyclic) bond motifs is 1. The number of rotatable bonds is 5. The van der Waals surface area contributed by atoms with Crippen LogP contribution in [0, 0.1) is 0 Å². The molecule has 0 saturated carbocycles. The van der Waals surface area contributed by atoms with Crippen molar-refractivity contribution in [1.82, 2.24) is 4.57 Å². The van der Waals surface area contributed by atoms with E-state index in [2.05, 4.69) is 5.32 Å². The lowest BCUT2D eigenvalue weighted by atomic mass is 10.3. The molecule has 4 nitrogen and oxygen atoms in total. The molecule has 0 unspecified atom stereocenters. The average molecular weight is 379 g/mol. The van der Waals surface area contributed by atoms with E-state index in [1.807, 2.05) is 42.5 Å². The summed E-state index contributed by atoms with van der Waals surface area (Å²) in [6.07, 6.45) is 0.413. The highest BCUT2D eigenvalue weighted by molar-refractivity contribution is 7.99. The number of carbonyl (C=O) groups is 1. The standard InChI is InChI=1S/C17H15ClN2O2S2/c1-20-14-7-4-12(10-15(14)24-17(20)22)19-16(21)8-9-23-13-5-2-11(18)3-6-13/h2-7,10H,8-9H2,1H3,(H,19,21). The molecule has 0 aliphatic heterocycles. The summed E-state index contributed by atoms with van der Waals surface area (Å²) >= 11 is 8.64. The van der Waals surface area contributed by atoms with Gasteiger partial charge in [0.1, 0.15) is 0 Å². The molecule has 1 heterocycles. The van der Waals surface area contributed by atoms with Gasteiger partial charge in [-0.15, -0.1) is 11.8 Å². The van der Waals surface area contributed by atoms with Crippen LogP contribution in [-0.4, -0.2) is 16.2 Å². The summed E-state index contributed by atoms with van der Waals surface area (Å²) in [6.45, 7) is 0. The molecular formula is C17H15ClN2O2S2. The van der Waals surface area contributed by atoms with Gasteiger partial charge >= 0.3 is 4.87 Å². The predicted molar refractivity (Wildman–Crippen MR) is 102 cm³/mol. The fourth-order valence-corrected chi connectivity index (χ4v) is 4.12. The maximum atomic E-state index is 12.1. The monoisotopic (exact) mass is 378 g/mol. The zero-order valence-corrected chi connectivity index (χ0v) is 15.3. The third kappa shape index (κ3) is 4.01. The van der Waals surface area contributed by atoms with Gasteiger partial charge < -0.3 is 9.88 Å². The average Bonchev–Trinajstić information content (AvgIpc) is 2.83. The molecular weight excluding hydrogens is 364 g/mol. The Morgan fingerprint density at radius 2 is 2.00 bits per heavy atom. The number of anilines is 1. The summed E-state index contributed by atoms with van der Waals surface area (Å²) in [6, 6.07) is 13.1. The number of halogens is 1. The molecule has 124 valence electrons. The Morgan fingerprint density at radius 3 is 2.75 bits per heavy atom. The molecule has 0 atom stereocenters. The Bertz CT molecular complexity index is 932. The molecule has 0 aliphatic carbocycles. The Hall–Kier alpha value is -1.76. The molecule has 1 amide bonds. The molecule has 0 radical (unpaired) electrons. The Kier molecular flexibility index (Phi) is 5.28. The minimum absolute atomic E-state index is 0.00663. The van der Waals surface area contributed by atoms with E-state index in [0.29, 0.717) is 22.9 Å². The fraction of sp³-hybridized carbons (Fsp3) is 0.176. The van der Waals surface area contributed by atoms with Crippen molar-refractivity contribution in [3.05, 3.63) is 57.2 Å². The lowest BCUT2D eigenvalue weighted by Crippen LogP contribution is -2.12. The molecule has 1 aromatic heterocycles. The first-order valence-corrected chi connectivity index (χ1v) is 9.49. The van der Waals surface area contributed by atoms with Crippen molar-refractivity contribution in [3.63, 3.8) is 0 Å².